The third-order valence-electron chi connectivity index (χ3n) is 5.99. The highest BCUT2D eigenvalue weighted by atomic mass is 32.1. The number of rotatable bonds is 7. The highest BCUT2D eigenvalue weighted by molar-refractivity contribution is 7.18. The molecule has 0 aliphatic carbocycles. The first kappa shape index (κ1) is 23.6. The molecule has 0 bridgehead atoms. The zero-order valence-corrected chi connectivity index (χ0v) is 19.6. The third kappa shape index (κ3) is 5.02. The van der Waals surface area contributed by atoms with Gasteiger partial charge in [-0.15, -0.1) is 11.3 Å². The third-order valence-corrected chi connectivity index (χ3v) is 7.38. The lowest BCUT2D eigenvalue weighted by atomic mass is 10.1. The number of halogens is 2. The Labute approximate surface area is 195 Å². The lowest BCUT2D eigenvalue weighted by molar-refractivity contribution is -0.123. The molecule has 2 amide bonds. The van der Waals surface area contributed by atoms with Crippen molar-refractivity contribution in [3.05, 3.63) is 51.9 Å². The van der Waals surface area contributed by atoms with Gasteiger partial charge in [0.05, 0.1) is 36.2 Å². The Morgan fingerprint density at radius 1 is 1.24 bits per heavy atom. The van der Waals surface area contributed by atoms with Gasteiger partial charge in [-0.25, -0.2) is 0 Å². The number of thiophene rings is 1. The number of hydrogen-bond donors (Lipinski definition) is 1. The van der Waals surface area contributed by atoms with Crippen LogP contribution in [-0.2, 0) is 22.0 Å². The fraction of sp³-hybridized carbons (Fsp3) is 0.478. The Bertz CT molecular complexity index is 1010. The summed E-state index contributed by atoms with van der Waals surface area (Å²) >= 11 is 1.37. The van der Waals surface area contributed by atoms with Crippen LogP contribution in [0.5, 0.6) is 0 Å². The van der Waals surface area contributed by atoms with E-state index in [1.807, 2.05) is 11.8 Å². The minimum absolute atomic E-state index is 0.0134. The fourth-order valence-electron chi connectivity index (χ4n) is 4.25. The van der Waals surface area contributed by atoms with E-state index in [1.165, 1.54) is 23.5 Å². The number of nitrogens with zero attached hydrogens (tertiary/aromatic N) is 3. The van der Waals surface area contributed by atoms with Crippen LogP contribution >= 0.6 is 11.3 Å². The van der Waals surface area contributed by atoms with Gasteiger partial charge in [-0.05, 0) is 12.5 Å². The number of anilines is 1. The van der Waals surface area contributed by atoms with E-state index in [1.54, 1.807) is 35.1 Å². The Morgan fingerprint density at radius 2 is 2.00 bits per heavy atom. The van der Waals surface area contributed by atoms with Crippen molar-refractivity contribution < 1.29 is 23.1 Å². The zero-order chi connectivity index (χ0) is 23.6. The number of fused-ring (bicyclic) bond motifs is 1. The quantitative estimate of drug-likeness (QED) is 0.663. The molecule has 2 aliphatic heterocycles. The van der Waals surface area contributed by atoms with Crippen molar-refractivity contribution in [1.29, 1.82) is 0 Å². The second kappa shape index (κ2) is 9.74. The molecule has 7 nitrogen and oxygen atoms in total. The van der Waals surface area contributed by atoms with E-state index in [-0.39, 0.29) is 23.9 Å². The molecule has 1 N–H and O–H groups in total. The Morgan fingerprint density at radius 3 is 2.70 bits per heavy atom. The standard InChI is InChI=1S/C23H28F2N4O3S/c1-16-18-12-27(14-23(24,25)17-6-4-3-5-7-17)15-29(10-11-32-2)22(18)33-20(16)21(31)28-9-8-26-19(30)13-28/h3-7H,8-15H2,1-2H3,(H,26,30). The van der Waals surface area contributed by atoms with E-state index in [0.29, 0.717) is 44.3 Å². The molecule has 1 saturated heterocycles. The minimum Gasteiger partial charge on any atom is -0.383 e. The molecule has 2 aromatic rings. The minimum atomic E-state index is -3.00. The molecule has 10 heteroatoms. The number of amides is 2. The van der Waals surface area contributed by atoms with Crippen LogP contribution in [0.4, 0.5) is 13.8 Å². The summed E-state index contributed by atoms with van der Waals surface area (Å²) < 4.78 is 35.3. The zero-order valence-electron chi connectivity index (χ0n) is 18.8. The SMILES string of the molecule is COCCN1CN(CC(F)(F)c2ccccc2)Cc2c1sc(C(=O)N1CCNC(=O)C1)c2C. The van der Waals surface area contributed by atoms with Crippen molar-refractivity contribution in [3.8, 4) is 0 Å². The maximum atomic E-state index is 15.0. The van der Waals surface area contributed by atoms with E-state index < -0.39 is 12.5 Å². The normalized spacial score (nSPS) is 17.2. The molecule has 0 unspecified atom stereocenters. The summed E-state index contributed by atoms with van der Waals surface area (Å²) in [7, 11) is 1.60. The van der Waals surface area contributed by atoms with Crippen LogP contribution < -0.4 is 10.2 Å². The van der Waals surface area contributed by atoms with Crippen LogP contribution in [0.2, 0.25) is 0 Å². The molecule has 1 fully saturated rings. The molecule has 33 heavy (non-hydrogen) atoms. The van der Waals surface area contributed by atoms with Crippen molar-refractivity contribution in [2.75, 3.05) is 58.0 Å². The molecular weight excluding hydrogens is 450 g/mol. The molecule has 1 aromatic carbocycles. The predicted octanol–water partition coefficient (Wildman–Crippen LogP) is 2.65. The van der Waals surface area contributed by atoms with Gasteiger partial charge in [0.25, 0.3) is 11.8 Å². The average molecular weight is 479 g/mol. The number of nitrogens with one attached hydrogen (secondary N) is 1. The molecule has 0 spiro atoms. The number of carbonyl (C=O) groups excluding carboxylic acids is 2. The van der Waals surface area contributed by atoms with Gasteiger partial charge in [-0.2, -0.15) is 8.78 Å². The molecule has 178 valence electrons. The smallest absolute Gasteiger partial charge is 0.285 e. The van der Waals surface area contributed by atoms with E-state index in [9.17, 15) is 9.59 Å². The van der Waals surface area contributed by atoms with Crippen molar-refractivity contribution >= 4 is 28.2 Å². The van der Waals surface area contributed by atoms with Crippen LogP contribution in [0.1, 0.15) is 26.4 Å². The molecule has 3 heterocycles. The summed E-state index contributed by atoms with van der Waals surface area (Å²) in [6, 6.07) is 7.84. The van der Waals surface area contributed by atoms with Crippen LogP contribution in [0.3, 0.4) is 0 Å². The summed E-state index contributed by atoms with van der Waals surface area (Å²) in [5.41, 5.74) is 1.66. The number of benzene rings is 1. The largest absolute Gasteiger partial charge is 0.383 e. The van der Waals surface area contributed by atoms with Crippen LogP contribution in [0.25, 0.3) is 0 Å². The molecule has 2 aliphatic rings. The second-order valence-electron chi connectivity index (χ2n) is 8.37. The van der Waals surface area contributed by atoms with Crippen LogP contribution in [0.15, 0.2) is 30.3 Å². The van der Waals surface area contributed by atoms with Gasteiger partial charge in [-0.1, -0.05) is 30.3 Å². The number of methoxy groups -OCH3 is 1. The molecular formula is C23H28F2N4O3S. The predicted molar refractivity (Wildman–Crippen MR) is 123 cm³/mol. The first-order valence-corrected chi connectivity index (χ1v) is 11.7. The Balaban J connectivity index is 1.60. The first-order valence-electron chi connectivity index (χ1n) is 10.9. The molecule has 0 radical (unpaired) electrons. The van der Waals surface area contributed by atoms with Gasteiger partial charge in [0.15, 0.2) is 0 Å². The summed E-state index contributed by atoms with van der Waals surface area (Å²) in [6.45, 7) is 3.96. The number of alkyl halides is 2. The van der Waals surface area contributed by atoms with Crippen LogP contribution in [0, 0.1) is 6.92 Å². The van der Waals surface area contributed by atoms with Crippen molar-refractivity contribution in [3.63, 3.8) is 0 Å². The fourth-order valence-corrected chi connectivity index (χ4v) is 5.55. The Kier molecular flexibility index (Phi) is 6.96. The maximum Gasteiger partial charge on any atom is 0.285 e. The first-order chi connectivity index (χ1) is 15.8. The van der Waals surface area contributed by atoms with Gasteiger partial charge in [0.2, 0.25) is 5.91 Å². The monoisotopic (exact) mass is 478 g/mol. The van der Waals surface area contributed by atoms with Gasteiger partial charge in [0, 0.05) is 44.4 Å². The van der Waals surface area contributed by atoms with Crippen molar-refractivity contribution in [2.45, 2.75) is 19.4 Å². The number of piperazine rings is 1. The van der Waals surface area contributed by atoms with Gasteiger partial charge < -0.3 is 19.9 Å². The highest BCUT2D eigenvalue weighted by Gasteiger charge is 2.38. The summed E-state index contributed by atoms with van der Waals surface area (Å²) in [5, 5.41) is 3.63. The molecule has 1 aromatic heterocycles. The van der Waals surface area contributed by atoms with Crippen molar-refractivity contribution in [1.82, 2.24) is 15.1 Å². The lowest BCUT2D eigenvalue weighted by Gasteiger charge is -2.38. The second-order valence-corrected chi connectivity index (χ2v) is 9.37. The molecule has 4 rings (SSSR count). The van der Waals surface area contributed by atoms with E-state index in [2.05, 4.69) is 5.32 Å². The summed E-state index contributed by atoms with van der Waals surface area (Å²) in [4.78, 5) is 30.8. The van der Waals surface area contributed by atoms with Crippen molar-refractivity contribution in [2.24, 2.45) is 0 Å². The maximum absolute atomic E-state index is 15.0. The topological polar surface area (TPSA) is 65.1 Å². The average Bonchev–Trinajstić information content (AvgIpc) is 3.14. The van der Waals surface area contributed by atoms with E-state index in [0.717, 1.165) is 16.1 Å². The van der Waals surface area contributed by atoms with Gasteiger partial charge in [-0.3, -0.25) is 14.5 Å². The highest BCUT2D eigenvalue weighted by Crippen LogP contribution is 2.41. The van der Waals surface area contributed by atoms with Crippen LogP contribution in [-0.4, -0.2) is 74.7 Å². The van der Waals surface area contributed by atoms with Gasteiger partial charge in [0.1, 0.15) is 0 Å². The summed E-state index contributed by atoms with van der Waals surface area (Å²) in [5.74, 6) is -3.37. The Hall–Kier alpha value is -2.56. The summed E-state index contributed by atoms with van der Waals surface area (Å²) in [6.07, 6.45) is 0. The molecule has 0 atom stereocenters. The molecule has 0 saturated carbocycles. The number of hydrogen-bond acceptors (Lipinski definition) is 6. The van der Waals surface area contributed by atoms with E-state index in [4.69, 9.17) is 4.74 Å². The number of ether oxygens (including phenoxy) is 1. The lowest BCUT2D eigenvalue weighted by Crippen LogP contribution is -2.49. The van der Waals surface area contributed by atoms with Gasteiger partial charge >= 0.3 is 0 Å². The number of carbonyl (C=O) groups is 2. The van der Waals surface area contributed by atoms with E-state index >= 15 is 8.78 Å².